The number of carbonyl (C=O) groups is 1. The number of ketones is 1. The fourth-order valence-electron chi connectivity index (χ4n) is 2.12. The van der Waals surface area contributed by atoms with E-state index in [1.54, 1.807) is 24.6 Å². The van der Waals surface area contributed by atoms with E-state index in [0.717, 1.165) is 21.5 Å². The third-order valence-electron chi connectivity index (χ3n) is 3.17. The Labute approximate surface area is 120 Å². The fraction of sp³-hybridized carbons (Fsp3) is 0.125. The Hall–Kier alpha value is -2.20. The monoisotopic (exact) mass is 283 g/mol. The molecule has 0 fully saturated rings. The predicted octanol–water partition coefficient (Wildman–Crippen LogP) is 3.73. The van der Waals surface area contributed by atoms with Gasteiger partial charge in [-0.1, -0.05) is 18.2 Å². The van der Waals surface area contributed by atoms with Gasteiger partial charge in [-0.25, -0.2) is 0 Å². The first-order chi connectivity index (χ1) is 9.78. The highest BCUT2D eigenvalue weighted by atomic mass is 32.1. The minimum atomic E-state index is 0.0531. The van der Waals surface area contributed by atoms with Crippen LogP contribution < -0.4 is 4.74 Å². The highest BCUT2D eigenvalue weighted by Crippen LogP contribution is 2.22. The average molecular weight is 283 g/mol. The first-order valence-corrected chi connectivity index (χ1v) is 7.14. The Morgan fingerprint density at radius 1 is 1.30 bits per heavy atom. The molecule has 100 valence electrons. The molecule has 0 radical (unpaired) electrons. The van der Waals surface area contributed by atoms with Crippen molar-refractivity contribution in [3.05, 3.63) is 59.1 Å². The van der Waals surface area contributed by atoms with Crippen LogP contribution in [0.4, 0.5) is 0 Å². The van der Waals surface area contributed by atoms with E-state index in [1.807, 2.05) is 41.8 Å². The first-order valence-electron chi connectivity index (χ1n) is 6.26. The second-order valence-corrected chi connectivity index (χ2v) is 5.39. The summed E-state index contributed by atoms with van der Waals surface area (Å²) in [5, 5.41) is 1.98. The van der Waals surface area contributed by atoms with E-state index >= 15 is 0 Å². The van der Waals surface area contributed by atoms with Crippen LogP contribution in [0.15, 0.2) is 48.0 Å². The number of pyridine rings is 1. The molecule has 0 aliphatic carbocycles. The Balaban J connectivity index is 1.88. The van der Waals surface area contributed by atoms with Crippen molar-refractivity contribution in [1.29, 1.82) is 0 Å². The van der Waals surface area contributed by atoms with Gasteiger partial charge in [-0.05, 0) is 23.6 Å². The van der Waals surface area contributed by atoms with Crippen LogP contribution in [0.3, 0.4) is 0 Å². The van der Waals surface area contributed by atoms with Gasteiger partial charge in [-0.2, -0.15) is 0 Å². The number of benzene rings is 1. The third kappa shape index (κ3) is 2.42. The van der Waals surface area contributed by atoms with Gasteiger partial charge in [0.25, 0.3) is 0 Å². The lowest BCUT2D eigenvalue weighted by molar-refractivity contribution is 0.0992. The van der Waals surface area contributed by atoms with Crippen molar-refractivity contribution < 1.29 is 9.53 Å². The molecule has 0 aliphatic rings. The number of methoxy groups -OCH3 is 1. The van der Waals surface area contributed by atoms with E-state index in [4.69, 9.17) is 4.74 Å². The van der Waals surface area contributed by atoms with Crippen molar-refractivity contribution in [2.24, 2.45) is 0 Å². The predicted molar refractivity (Wildman–Crippen MR) is 80.6 cm³/mol. The third-order valence-corrected chi connectivity index (χ3v) is 4.02. The van der Waals surface area contributed by atoms with Gasteiger partial charge in [0, 0.05) is 23.7 Å². The summed E-state index contributed by atoms with van der Waals surface area (Å²) in [6.45, 7) is 0. The Kier molecular flexibility index (Phi) is 3.48. The maximum absolute atomic E-state index is 12.4. The molecule has 0 saturated carbocycles. The maximum atomic E-state index is 12.4. The molecular weight excluding hydrogens is 270 g/mol. The van der Waals surface area contributed by atoms with Gasteiger partial charge >= 0.3 is 0 Å². The molecule has 0 unspecified atom stereocenters. The number of hydrogen-bond acceptors (Lipinski definition) is 4. The SMILES string of the molecule is COc1ccccc1CC(=O)c1cnc2ccsc2c1. The Bertz CT molecular complexity index is 764. The summed E-state index contributed by atoms with van der Waals surface area (Å²) >= 11 is 1.59. The van der Waals surface area contributed by atoms with Crippen LogP contribution in [-0.2, 0) is 6.42 Å². The van der Waals surface area contributed by atoms with Crippen LogP contribution in [0.1, 0.15) is 15.9 Å². The second kappa shape index (κ2) is 5.43. The van der Waals surface area contributed by atoms with Crippen molar-refractivity contribution in [2.75, 3.05) is 7.11 Å². The van der Waals surface area contributed by atoms with Crippen molar-refractivity contribution in [3.63, 3.8) is 0 Å². The van der Waals surface area contributed by atoms with E-state index < -0.39 is 0 Å². The molecule has 0 atom stereocenters. The number of hydrogen-bond donors (Lipinski definition) is 0. The van der Waals surface area contributed by atoms with Crippen LogP contribution in [-0.4, -0.2) is 17.9 Å². The normalized spacial score (nSPS) is 10.7. The summed E-state index contributed by atoms with van der Waals surface area (Å²) in [7, 11) is 1.61. The van der Waals surface area contributed by atoms with Crippen molar-refractivity contribution >= 4 is 27.3 Å². The molecule has 2 aromatic heterocycles. The molecule has 2 heterocycles. The van der Waals surface area contributed by atoms with Crippen molar-refractivity contribution in [2.45, 2.75) is 6.42 Å². The van der Waals surface area contributed by atoms with E-state index in [1.165, 1.54) is 0 Å². The zero-order chi connectivity index (χ0) is 13.9. The van der Waals surface area contributed by atoms with Crippen LogP contribution >= 0.6 is 11.3 Å². The summed E-state index contributed by atoms with van der Waals surface area (Å²) in [5.74, 6) is 0.795. The van der Waals surface area contributed by atoms with E-state index in [-0.39, 0.29) is 5.78 Å². The van der Waals surface area contributed by atoms with Gasteiger partial charge in [-0.15, -0.1) is 11.3 Å². The number of carbonyl (C=O) groups excluding carboxylic acids is 1. The molecule has 3 rings (SSSR count). The Morgan fingerprint density at radius 2 is 2.15 bits per heavy atom. The number of para-hydroxylation sites is 1. The number of ether oxygens (including phenoxy) is 1. The van der Waals surface area contributed by atoms with Crippen LogP contribution in [0.2, 0.25) is 0 Å². The molecule has 4 heteroatoms. The fourth-order valence-corrected chi connectivity index (χ4v) is 2.90. The molecule has 3 aromatic rings. The number of Topliss-reactive ketones (excluding diaryl/α,β-unsaturated/α-hetero) is 1. The smallest absolute Gasteiger partial charge is 0.168 e. The quantitative estimate of drug-likeness (QED) is 0.685. The molecule has 0 saturated heterocycles. The Morgan fingerprint density at radius 3 is 3.00 bits per heavy atom. The first kappa shape index (κ1) is 12.8. The number of aromatic nitrogens is 1. The highest BCUT2D eigenvalue weighted by Gasteiger charge is 2.12. The minimum Gasteiger partial charge on any atom is -0.496 e. The molecule has 0 N–H and O–H groups in total. The molecule has 0 bridgehead atoms. The number of rotatable bonds is 4. The van der Waals surface area contributed by atoms with E-state index in [9.17, 15) is 4.79 Å². The number of nitrogens with zero attached hydrogens (tertiary/aromatic N) is 1. The van der Waals surface area contributed by atoms with E-state index in [0.29, 0.717) is 12.0 Å². The molecule has 20 heavy (non-hydrogen) atoms. The lowest BCUT2D eigenvalue weighted by atomic mass is 10.0. The maximum Gasteiger partial charge on any atom is 0.168 e. The molecular formula is C16H13NO2S. The lowest BCUT2D eigenvalue weighted by Crippen LogP contribution is -2.05. The van der Waals surface area contributed by atoms with Crippen LogP contribution in [0, 0.1) is 0 Å². The van der Waals surface area contributed by atoms with Crippen LogP contribution in [0.5, 0.6) is 5.75 Å². The molecule has 0 amide bonds. The minimum absolute atomic E-state index is 0.0531. The molecule has 0 aliphatic heterocycles. The number of thiophene rings is 1. The van der Waals surface area contributed by atoms with Crippen molar-refractivity contribution in [1.82, 2.24) is 4.98 Å². The van der Waals surface area contributed by atoms with Gasteiger partial charge in [0.15, 0.2) is 5.78 Å². The van der Waals surface area contributed by atoms with Gasteiger partial charge in [0.05, 0.1) is 17.3 Å². The lowest BCUT2D eigenvalue weighted by Gasteiger charge is -2.07. The van der Waals surface area contributed by atoms with Crippen molar-refractivity contribution in [3.8, 4) is 5.75 Å². The highest BCUT2D eigenvalue weighted by molar-refractivity contribution is 7.17. The zero-order valence-corrected chi connectivity index (χ0v) is 11.8. The van der Waals surface area contributed by atoms with Gasteiger partial charge in [0.1, 0.15) is 5.75 Å². The molecule has 3 nitrogen and oxygen atoms in total. The summed E-state index contributed by atoms with van der Waals surface area (Å²) in [4.78, 5) is 16.7. The second-order valence-electron chi connectivity index (χ2n) is 4.44. The molecule has 1 aromatic carbocycles. The van der Waals surface area contributed by atoms with Gasteiger partial charge in [-0.3, -0.25) is 9.78 Å². The summed E-state index contributed by atoms with van der Waals surface area (Å²) in [6, 6.07) is 11.4. The van der Waals surface area contributed by atoms with Crippen LogP contribution in [0.25, 0.3) is 10.2 Å². The summed E-state index contributed by atoms with van der Waals surface area (Å²) in [5.41, 5.74) is 2.47. The summed E-state index contributed by atoms with van der Waals surface area (Å²) < 4.78 is 6.31. The largest absolute Gasteiger partial charge is 0.496 e. The number of fused-ring (bicyclic) bond motifs is 1. The van der Waals surface area contributed by atoms with Gasteiger partial charge < -0.3 is 4.74 Å². The van der Waals surface area contributed by atoms with E-state index in [2.05, 4.69) is 4.98 Å². The zero-order valence-electron chi connectivity index (χ0n) is 11.0. The topological polar surface area (TPSA) is 39.2 Å². The average Bonchev–Trinajstić information content (AvgIpc) is 2.95. The standard InChI is InChI=1S/C16H13NO2S/c1-19-15-5-3-2-4-11(15)8-14(18)12-9-16-13(17-10-12)6-7-20-16/h2-7,9-10H,8H2,1H3. The van der Waals surface area contributed by atoms with Gasteiger partial charge in [0.2, 0.25) is 0 Å². The molecule has 0 spiro atoms. The summed E-state index contributed by atoms with van der Waals surface area (Å²) in [6.07, 6.45) is 1.97.